The van der Waals surface area contributed by atoms with Crippen LogP contribution in [0.5, 0.6) is 0 Å². The van der Waals surface area contributed by atoms with Gasteiger partial charge in [0.15, 0.2) is 0 Å². The SMILES string of the molecule is COCCS(=O)(=O)N1CCCCC1CC(C)O. The predicted molar refractivity (Wildman–Crippen MR) is 66.3 cm³/mol. The summed E-state index contributed by atoms with van der Waals surface area (Å²) >= 11 is 0. The van der Waals surface area contributed by atoms with Crippen molar-refractivity contribution in [1.82, 2.24) is 4.31 Å². The van der Waals surface area contributed by atoms with Gasteiger partial charge in [0, 0.05) is 19.7 Å². The van der Waals surface area contributed by atoms with Crippen LogP contribution in [0.4, 0.5) is 0 Å². The number of rotatable bonds is 6. The van der Waals surface area contributed by atoms with Crippen LogP contribution in [0.25, 0.3) is 0 Å². The summed E-state index contributed by atoms with van der Waals surface area (Å²) in [6.45, 7) is 2.50. The fraction of sp³-hybridized carbons (Fsp3) is 1.00. The normalized spacial score (nSPS) is 24.8. The van der Waals surface area contributed by atoms with Gasteiger partial charge >= 0.3 is 0 Å². The molecule has 1 fully saturated rings. The van der Waals surface area contributed by atoms with E-state index in [2.05, 4.69) is 0 Å². The van der Waals surface area contributed by atoms with E-state index in [0.29, 0.717) is 13.0 Å². The van der Waals surface area contributed by atoms with Crippen LogP contribution in [-0.4, -0.2) is 56.0 Å². The van der Waals surface area contributed by atoms with Crippen molar-refractivity contribution in [2.45, 2.75) is 44.8 Å². The lowest BCUT2D eigenvalue weighted by atomic mass is 10.00. The Morgan fingerprint density at radius 2 is 2.18 bits per heavy atom. The van der Waals surface area contributed by atoms with Crippen molar-refractivity contribution in [3.05, 3.63) is 0 Å². The largest absolute Gasteiger partial charge is 0.393 e. The van der Waals surface area contributed by atoms with Crippen LogP contribution in [0.15, 0.2) is 0 Å². The lowest BCUT2D eigenvalue weighted by Crippen LogP contribution is -2.46. The molecule has 102 valence electrons. The summed E-state index contributed by atoms with van der Waals surface area (Å²) < 4.78 is 30.6. The summed E-state index contributed by atoms with van der Waals surface area (Å²) in [6.07, 6.45) is 2.85. The second-order valence-corrected chi connectivity index (χ2v) is 6.69. The first-order chi connectivity index (χ1) is 7.97. The molecule has 0 spiro atoms. The van der Waals surface area contributed by atoms with Gasteiger partial charge in [-0.1, -0.05) is 6.42 Å². The minimum absolute atomic E-state index is 0.0276. The summed E-state index contributed by atoms with van der Waals surface area (Å²) in [5, 5.41) is 9.42. The van der Waals surface area contributed by atoms with Gasteiger partial charge in [0.05, 0.1) is 18.5 Å². The maximum Gasteiger partial charge on any atom is 0.216 e. The molecule has 2 unspecified atom stereocenters. The molecule has 0 aliphatic carbocycles. The van der Waals surface area contributed by atoms with Crippen molar-refractivity contribution in [2.24, 2.45) is 0 Å². The molecule has 0 radical (unpaired) electrons. The monoisotopic (exact) mass is 265 g/mol. The molecule has 0 amide bonds. The number of aliphatic hydroxyl groups excluding tert-OH is 1. The first kappa shape index (κ1) is 14.9. The fourth-order valence-corrected chi connectivity index (χ4v) is 3.94. The highest BCUT2D eigenvalue weighted by molar-refractivity contribution is 7.89. The summed E-state index contributed by atoms with van der Waals surface area (Å²) in [5.41, 5.74) is 0. The summed E-state index contributed by atoms with van der Waals surface area (Å²) in [4.78, 5) is 0. The Labute approximate surface area is 104 Å². The third kappa shape index (κ3) is 4.54. The zero-order chi connectivity index (χ0) is 12.9. The minimum Gasteiger partial charge on any atom is -0.393 e. The van der Waals surface area contributed by atoms with Gasteiger partial charge in [-0.25, -0.2) is 8.42 Å². The summed E-state index contributed by atoms with van der Waals surface area (Å²) in [7, 11) is -1.74. The molecule has 1 rings (SSSR count). The second-order valence-electron chi connectivity index (χ2n) is 4.65. The van der Waals surface area contributed by atoms with E-state index in [0.717, 1.165) is 19.3 Å². The molecule has 1 heterocycles. The van der Waals surface area contributed by atoms with Gasteiger partial charge in [-0.05, 0) is 26.2 Å². The molecule has 2 atom stereocenters. The molecule has 1 aliphatic rings. The molecule has 0 bridgehead atoms. The molecular weight excluding hydrogens is 242 g/mol. The van der Waals surface area contributed by atoms with Crippen molar-refractivity contribution in [3.8, 4) is 0 Å². The zero-order valence-electron chi connectivity index (χ0n) is 10.6. The number of aliphatic hydroxyl groups is 1. The van der Waals surface area contributed by atoms with Gasteiger partial charge < -0.3 is 9.84 Å². The number of methoxy groups -OCH3 is 1. The van der Waals surface area contributed by atoms with Crippen LogP contribution < -0.4 is 0 Å². The highest BCUT2D eigenvalue weighted by Crippen LogP contribution is 2.24. The van der Waals surface area contributed by atoms with E-state index in [1.54, 1.807) is 11.2 Å². The van der Waals surface area contributed by atoms with Gasteiger partial charge in [0.25, 0.3) is 0 Å². The van der Waals surface area contributed by atoms with E-state index >= 15 is 0 Å². The Hall–Kier alpha value is -0.170. The van der Waals surface area contributed by atoms with Crippen LogP contribution in [0.3, 0.4) is 0 Å². The lowest BCUT2D eigenvalue weighted by molar-refractivity contribution is 0.131. The molecule has 17 heavy (non-hydrogen) atoms. The smallest absolute Gasteiger partial charge is 0.216 e. The average Bonchev–Trinajstić information content (AvgIpc) is 2.26. The molecule has 0 aromatic heterocycles. The first-order valence-corrected chi connectivity index (χ1v) is 7.75. The number of hydrogen-bond acceptors (Lipinski definition) is 4. The molecular formula is C11H23NO4S. The van der Waals surface area contributed by atoms with Gasteiger partial charge in [-0.15, -0.1) is 0 Å². The van der Waals surface area contributed by atoms with E-state index in [-0.39, 0.29) is 18.4 Å². The number of nitrogens with zero attached hydrogens (tertiary/aromatic N) is 1. The van der Waals surface area contributed by atoms with E-state index in [1.807, 2.05) is 0 Å². The molecule has 5 nitrogen and oxygen atoms in total. The van der Waals surface area contributed by atoms with Crippen LogP contribution in [0.1, 0.15) is 32.6 Å². The molecule has 0 saturated carbocycles. The van der Waals surface area contributed by atoms with Crippen LogP contribution in [0, 0.1) is 0 Å². The molecule has 6 heteroatoms. The molecule has 1 N–H and O–H groups in total. The zero-order valence-corrected chi connectivity index (χ0v) is 11.4. The topological polar surface area (TPSA) is 66.8 Å². The highest BCUT2D eigenvalue weighted by atomic mass is 32.2. The third-order valence-corrected chi connectivity index (χ3v) is 4.97. The quantitative estimate of drug-likeness (QED) is 0.763. The molecule has 1 saturated heterocycles. The van der Waals surface area contributed by atoms with E-state index < -0.39 is 16.1 Å². The Balaban J connectivity index is 2.69. The van der Waals surface area contributed by atoms with Crippen LogP contribution in [-0.2, 0) is 14.8 Å². The van der Waals surface area contributed by atoms with Crippen molar-refractivity contribution in [2.75, 3.05) is 26.0 Å². The number of ether oxygens (including phenoxy) is 1. The molecule has 1 aliphatic heterocycles. The maximum absolute atomic E-state index is 12.1. The average molecular weight is 265 g/mol. The van der Waals surface area contributed by atoms with Crippen molar-refractivity contribution >= 4 is 10.0 Å². The third-order valence-electron chi connectivity index (χ3n) is 3.09. The first-order valence-electron chi connectivity index (χ1n) is 6.14. The van der Waals surface area contributed by atoms with Gasteiger partial charge in [0.2, 0.25) is 10.0 Å². The lowest BCUT2D eigenvalue weighted by Gasteiger charge is -2.35. The summed E-state index contributed by atoms with van der Waals surface area (Å²) in [6, 6.07) is -0.0504. The standard InChI is InChI=1S/C11H23NO4S/c1-10(13)9-11-5-3-4-6-12(11)17(14,15)8-7-16-2/h10-11,13H,3-9H2,1-2H3. The van der Waals surface area contributed by atoms with E-state index in [4.69, 9.17) is 4.74 Å². The molecule has 0 aromatic rings. The summed E-state index contributed by atoms with van der Waals surface area (Å²) in [5.74, 6) is 0.0276. The minimum atomic E-state index is -3.24. The van der Waals surface area contributed by atoms with E-state index in [1.165, 1.54) is 7.11 Å². The van der Waals surface area contributed by atoms with Crippen molar-refractivity contribution < 1.29 is 18.3 Å². The van der Waals surface area contributed by atoms with Crippen LogP contribution >= 0.6 is 0 Å². The van der Waals surface area contributed by atoms with E-state index in [9.17, 15) is 13.5 Å². The van der Waals surface area contributed by atoms with Gasteiger partial charge in [-0.3, -0.25) is 0 Å². The maximum atomic E-state index is 12.1. The Bertz CT molecular complexity index is 315. The van der Waals surface area contributed by atoms with Gasteiger partial charge in [0.1, 0.15) is 0 Å². The van der Waals surface area contributed by atoms with Crippen molar-refractivity contribution in [1.29, 1.82) is 0 Å². The Morgan fingerprint density at radius 1 is 1.47 bits per heavy atom. The van der Waals surface area contributed by atoms with Crippen molar-refractivity contribution in [3.63, 3.8) is 0 Å². The number of hydrogen-bond donors (Lipinski definition) is 1. The second kappa shape index (κ2) is 6.68. The van der Waals surface area contributed by atoms with Crippen LogP contribution in [0.2, 0.25) is 0 Å². The number of sulfonamides is 1. The molecule has 0 aromatic carbocycles. The predicted octanol–water partition coefficient (Wildman–Crippen LogP) is 0.588. The number of piperidine rings is 1. The van der Waals surface area contributed by atoms with Gasteiger partial charge in [-0.2, -0.15) is 4.31 Å². The highest BCUT2D eigenvalue weighted by Gasteiger charge is 2.32. The Kier molecular flexibility index (Phi) is 5.85. The fourth-order valence-electron chi connectivity index (χ4n) is 2.28. The Morgan fingerprint density at radius 3 is 2.76 bits per heavy atom.